The third-order valence-electron chi connectivity index (χ3n) is 5.34. The third-order valence-corrected chi connectivity index (χ3v) is 5.34. The molecule has 0 aliphatic rings. The zero-order valence-electron chi connectivity index (χ0n) is 22.3. The summed E-state index contributed by atoms with van der Waals surface area (Å²) in [6, 6.07) is 0. The molecule has 3 aromatic heterocycles. The minimum absolute atomic E-state index is 0. The quantitative estimate of drug-likeness (QED) is 0.308. The number of anilines is 2. The van der Waals surface area contributed by atoms with Crippen LogP contribution < -0.4 is 15.5 Å². The standard InChI is InChI=1S/C24H38N12.CH4/c1-16-27-17(2)31-22(30-16)10-7-8-14-36(24-34-20(5)29-21(6)35-24)15-13-25-11-9-12-26-23-32-18(3)28-19(4)33-23;/h25H,7-15H2,1-6H3,(H,26,28,32,33);1H4. The van der Waals surface area contributed by atoms with Crippen LogP contribution in [0.15, 0.2) is 0 Å². The average molecular weight is 511 g/mol. The Hall–Kier alpha value is -3.41. The number of aryl methyl sites for hydroxylation is 7. The number of nitrogens with one attached hydrogen (secondary N) is 2. The molecule has 202 valence electrons. The Morgan fingerprint density at radius 1 is 0.541 bits per heavy atom. The molecule has 0 aromatic carbocycles. The number of unbranched alkanes of at least 4 members (excludes halogenated alkanes) is 1. The van der Waals surface area contributed by atoms with E-state index >= 15 is 0 Å². The number of hydrogen-bond donors (Lipinski definition) is 2. The third kappa shape index (κ3) is 10.6. The van der Waals surface area contributed by atoms with Crippen molar-refractivity contribution in [2.45, 2.75) is 74.7 Å². The van der Waals surface area contributed by atoms with Gasteiger partial charge in [0, 0.05) is 32.6 Å². The van der Waals surface area contributed by atoms with Gasteiger partial charge < -0.3 is 15.5 Å². The molecule has 0 fully saturated rings. The smallest absolute Gasteiger partial charge is 0.228 e. The maximum atomic E-state index is 4.58. The van der Waals surface area contributed by atoms with Crippen molar-refractivity contribution in [2.24, 2.45) is 0 Å². The maximum Gasteiger partial charge on any atom is 0.228 e. The van der Waals surface area contributed by atoms with Crippen molar-refractivity contribution >= 4 is 11.9 Å². The van der Waals surface area contributed by atoms with Crippen molar-refractivity contribution < 1.29 is 0 Å². The van der Waals surface area contributed by atoms with Gasteiger partial charge in [-0.1, -0.05) is 7.43 Å². The molecular formula is C25H42N12. The molecule has 2 N–H and O–H groups in total. The van der Waals surface area contributed by atoms with E-state index in [0.717, 1.165) is 105 Å². The number of aromatic nitrogens is 9. The van der Waals surface area contributed by atoms with Crippen molar-refractivity contribution in [3.8, 4) is 0 Å². The summed E-state index contributed by atoms with van der Waals surface area (Å²) in [4.78, 5) is 41.7. The first kappa shape index (κ1) is 29.8. The number of rotatable bonds is 14. The summed E-state index contributed by atoms with van der Waals surface area (Å²) < 4.78 is 0. The molecule has 0 aliphatic heterocycles. The summed E-state index contributed by atoms with van der Waals surface area (Å²) >= 11 is 0. The molecule has 3 heterocycles. The normalized spacial score (nSPS) is 10.8. The van der Waals surface area contributed by atoms with E-state index in [1.54, 1.807) is 0 Å². The van der Waals surface area contributed by atoms with Crippen LogP contribution in [0.4, 0.5) is 11.9 Å². The van der Waals surface area contributed by atoms with E-state index in [1.165, 1.54) is 0 Å². The Labute approximate surface area is 220 Å². The van der Waals surface area contributed by atoms with Crippen LogP contribution in [0.3, 0.4) is 0 Å². The van der Waals surface area contributed by atoms with Gasteiger partial charge in [0.2, 0.25) is 11.9 Å². The first-order valence-corrected chi connectivity index (χ1v) is 12.5. The van der Waals surface area contributed by atoms with Gasteiger partial charge in [0.15, 0.2) is 0 Å². The molecule has 3 aromatic rings. The molecule has 3 rings (SSSR count). The molecule has 0 spiro atoms. The summed E-state index contributed by atoms with van der Waals surface area (Å²) in [5.74, 6) is 6.70. The van der Waals surface area contributed by atoms with Gasteiger partial charge in [-0.25, -0.2) is 24.9 Å². The lowest BCUT2D eigenvalue weighted by atomic mass is 10.2. The van der Waals surface area contributed by atoms with Crippen LogP contribution in [0.2, 0.25) is 0 Å². The van der Waals surface area contributed by atoms with E-state index in [0.29, 0.717) is 5.95 Å². The van der Waals surface area contributed by atoms with Gasteiger partial charge >= 0.3 is 0 Å². The van der Waals surface area contributed by atoms with Gasteiger partial charge in [0.25, 0.3) is 0 Å². The van der Waals surface area contributed by atoms with Crippen LogP contribution >= 0.6 is 0 Å². The lowest BCUT2D eigenvalue weighted by Crippen LogP contribution is -2.35. The van der Waals surface area contributed by atoms with E-state index in [4.69, 9.17) is 0 Å². The van der Waals surface area contributed by atoms with Gasteiger partial charge in [-0.2, -0.15) is 19.9 Å². The Bertz CT molecular complexity index is 1060. The van der Waals surface area contributed by atoms with Crippen molar-refractivity contribution in [2.75, 3.05) is 42.9 Å². The summed E-state index contributed by atoms with van der Waals surface area (Å²) in [6.07, 6.45) is 3.76. The topological polar surface area (TPSA) is 143 Å². The molecule has 0 atom stereocenters. The van der Waals surface area contributed by atoms with Crippen LogP contribution in [-0.4, -0.2) is 77.6 Å². The Kier molecular flexibility index (Phi) is 12.1. The van der Waals surface area contributed by atoms with Crippen LogP contribution in [0.5, 0.6) is 0 Å². The highest BCUT2D eigenvalue weighted by atomic mass is 15.3. The summed E-state index contributed by atoms with van der Waals surface area (Å²) in [6.45, 7) is 15.5. The monoisotopic (exact) mass is 510 g/mol. The number of hydrogen-bond acceptors (Lipinski definition) is 12. The molecule has 0 aliphatic carbocycles. The fourth-order valence-corrected chi connectivity index (χ4v) is 3.88. The van der Waals surface area contributed by atoms with Crippen molar-refractivity contribution in [1.82, 2.24) is 50.2 Å². The largest absolute Gasteiger partial charge is 0.354 e. The van der Waals surface area contributed by atoms with Gasteiger partial charge in [-0.05, 0) is 67.3 Å². The van der Waals surface area contributed by atoms with E-state index in [-0.39, 0.29) is 7.43 Å². The molecule has 37 heavy (non-hydrogen) atoms. The second kappa shape index (κ2) is 15.0. The lowest BCUT2D eigenvalue weighted by Gasteiger charge is -2.23. The Morgan fingerprint density at radius 3 is 1.68 bits per heavy atom. The molecular weight excluding hydrogens is 468 g/mol. The van der Waals surface area contributed by atoms with Gasteiger partial charge in [-0.3, -0.25) is 0 Å². The van der Waals surface area contributed by atoms with Crippen LogP contribution in [0, 0.1) is 41.5 Å². The molecule has 12 nitrogen and oxygen atoms in total. The summed E-state index contributed by atoms with van der Waals surface area (Å²) in [7, 11) is 0. The van der Waals surface area contributed by atoms with Gasteiger partial charge in [0.05, 0.1) is 0 Å². The van der Waals surface area contributed by atoms with E-state index in [2.05, 4.69) is 60.4 Å². The highest BCUT2D eigenvalue weighted by Gasteiger charge is 2.12. The average Bonchev–Trinajstić information content (AvgIpc) is 2.78. The molecule has 0 saturated carbocycles. The molecule has 0 unspecified atom stereocenters. The zero-order valence-corrected chi connectivity index (χ0v) is 22.3. The minimum Gasteiger partial charge on any atom is -0.354 e. The van der Waals surface area contributed by atoms with Crippen LogP contribution in [0.25, 0.3) is 0 Å². The fourth-order valence-electron chi connectivity index (χ4n) is 3.88. The van der Waals surface area contributed by atoms with Crippen molar-refractivity contribution in [1.29, 1.82) is 0 Å². The predicted molar refractivity (Wildman–Crippen MR) is 146 cm³/mol. The molecule has 0 radical (unpaired) electrons. The van der Waals surface area contributed by atoms with Crippen molar-refractivity contribution in [3.63, 3.8) is 0 Å². The zero-order chi connectivity index (χ0) is 25.9. The minimum atomic E-state index is 0. The maximum absolute atomic E-state index is 4.58. The summed E-state index contributed by atoms with van der Waals surface area (Å²) in [5, 5.41) is 6.78. The summed E-state index contributed by atoms with van der Waals surface area (Å²) in [5.41, 5.74) is 0. The second-order valence-corrected chi connectivity index (χ2v) is 8.80. The first-order chi connectivity index (χ1) is 17.3. The lowest BCUT2D eigenvalue weighted by molar-refractivity contribution is 0.608. The van der Waals surface area contributed by atoms with Crippen molar-refractivity contribution in [3.05, 3.63) is 40.8 Å². The first-order valence-electron chi connectivity index (χ1n) is 12.5. The van der Waals surface area contributed by atoms with Gasteiger partial charge in [-0.15, -0.1) is 0 Å². The van der Waals surface area contributed by atoms with E-state index in [1.807, 2.05) is 41.5 Å². The van der Waals surface area contributed by atoms with E-state index in [9.17, 15) is 0 Å². The molecule has 0 bridgehead atoms. The second-order valence-electron chi connectivity index (χ2n) is 8.80. The molecule has 12 heteroatoms. The SMILES string of the molecule is C.Cc1nc(C)nc(CCCCN(CCNCCCNc2nc(C)nc(C)n2)c2nc(C)nc(C)n2)n1. The highest BCUT2D eigenvalue weighted by molar-refractivity contribution is 5.29. The van der Waals surface area contributed by atoms with Gasteiger partial charge in [0.1, 0.15) is 40.8 Å². The predicted octanol–water partition coefficient (Wildman–Crippen LogP) is 2.65. The highest BCUT2D eigenvalue weighted by Crippen LogP contribution is 2.10. The fraction of sp³-hybridized carbons (Fsp3) is 0.640. The number of nitrogens with zero attached hydrogens (tertiary/aromatic N) is 10. The molecule has 0 saturated heterocycles. The van der Waals surface area contributed by atoms with E-state index < -0.39 is 0 Å². The van der Waals surface area contributed by atoms with Crippen LogP contribution in [0.1, 0.15) is 67.5 Å². The molecule has 0 amide bonds. The Balaban J connectivity index is 0.00000481. The Morgan fingerprint density at radius 2 is 1.08 bits per heavy atom. The van der Waals surface area contributed by atoms with Crippen LogP contribution in [-0.2, 0) is 6.42 Å².